The molecule has 1 heterocycles. The van der Waals surface area contributed by atoms with E-state index in [0.717, 1.165) is 27.8 Å². The predicted octanol–water partition coefficient (Wildman–Crippen LogP) is 3.37. The van der Waals surface area contributed by atoms with Crippen molar-refractivity contribution in [2.45, 2.75) is 13.5 Å². The van der Waals surface area contributed by atoms with Crippen LogP contribution >= 0.6 is 23.2 Å². The molecule has 0 fully saturated rings. The quantitative estimate of drug-likeness (QED) is 0.919. The monoisotopic (exact) mass is 283 g/mol. The molecule has 0 aliphatic heterocycles. The first kappa shape index (κ1) is 13.4. The molecule has 2 rings (SSSR count). The average Bonchev–Trinajstić information content (AvgIpc) is 2.28. The van der Waals surface area contributed by atoms with Crippen LogP contribution in [0.25, 0.3) is 10.9 Å². The van der Waals surface area contributed by atoms with Gasteiger partial charge in [-0.05, 0) is 19.1 Å². The first-order valence-corrected chi connectivity index (χ1v) is 6.37. The minimum atomic E-state index is 0.437. The number of hydrogen-bond donors (Lipinski definition) is 1. The van der Waals surface area contributed by atoms with Gasteiger partial charge in [0.2, 0.25) is 0 Å². The molecule has 0 radical (unpaired) electrons. The Hall–Kier alpha value is -1.03. The van der Waals surface area contributed by atoms with Crippen LogP contribution < -0.4 is 10.6 Å². The van der Waals surface area contributed by atoms with Crippen LogP contribution in [0.15, 0.2) is 12.1 Å². The first-order chi connectivity index (χ1) is 8.45. The normalized spacial score (nSPS) is 11.0. The lowest BCUT2D eigenvalue weighted by Crippen LogP contribution is -2.15. The molecule has 2 N–H and O–H groups in total. The number of nitrogens with two attached hydrogens (primary N) is 1. The van der Waals surface area contributed by atoms with Gasteiger partial charge in [-0.3, -0.25) is 4.98 Å². The molecule has 1 aromatic heterocycles. The summed E-state index contributed by atoms with van der Waals surface area (Å²) in [5, 5.41) is 2.10. The largest absolute Gasteiger partial charge is 0.377 e. The van der Waals surface area contributed by atoms with Crippen LogP contribution in [-0.4, -0.2) is 19.1 Å². The summed E-state index contributed by atoms with van der Waals surface area (Å²) in [7, 11) is 3.95. The van der Waals surface area contributed by atoms with Crippen molar-refractivity contribution >= 4 is 39.8 Å². The number of fused-ring (bicyclic) bond motifs is 1. The fourth-order valence-electron chi connectivity index (χ4n) is 2.18. The molecule has 0 aliphatic carbocycles. The summed E-state index contributed by atoms with van der Waals surface area (Å²) in [5.41, 5.74) is 9.54. The molecule has 0 saturated carbocycles. The van der Waals surface area contributed by atoms with Crippen LogP contribution in [0.1, 0.15) is 11.3 Å². The van der Waals surface area contributed by atoms with E-state index in [1.54, 1.807) is 6.07 Å². The molecule has 0 bridgehead atoms. The second-order valence-electron chi connectivity index (χ2n) is 4.41. The minimum Gasteiger partial charge on any atom is -0.377 e. The highest BCUT2D eigenvalue weighted by atomic mass is 35.5. The van der Waals surface area contributed by atoms with Gasteiger partial charge in [0.05, 0.1) is 16.2 Å². The third kappa shape index (κ3) is 2.14. The third-order valence-electron chi connectivity index (χ3n) is 2.94. The zero-order valence-electron chi connectivity index (χ0n) is 10.6. The molecule has 5 heteroatoms. The maximum atomic E-state index is 6.21. The van der Waals surface area contributed by atoms with Gasteiger partial charge in [0, 0.05) is 42.3 Å². The highest BCUT2D eigenvalue weighted by Gasteiger charge is 2.15. The second kappa shape index (κ2) is 4.92. The van der Waals surface area contributed by atoms with Crippen LogP contribution in [0.3, 0.4) is 0 Å². The number of halogens is 2. The molecule has 0 amide bonds. The molecular formula is C13H15Cl2N3. The molecule has 0 aliphatic rings. The SMILES string of the molecule is Cc1nc2c(Cl)cc(Cl)cc2c(N(C)C)c1CN. The smallest absolute Gasteiger partial charge is 0.0913 e. The number of benzene rings is 1. The highest BCUT2D eigenvalue weighted by molar-refractivity contribution is 6.38. The van der Waals surface area contributed by atoms with Gasteiger partial charge < -0.3 is 10.6 Å². The van der Waals surface area contributed by atoms with E-state index in [4.69, 9.17) is 28.9 Å². The Bertz CT molecular complexity index is 609. The molecule has 0 unspecified atom stereocenters. The van der Waals surface area contributed by atoms with Crippen molar-refractivity contribution in [1.82, 2.24) is 4.98 Å². The van der Waals surface area contributed by atoms with Gasteiger partial charge in [-0.2, -0.15) is 0 Å². The van der Waals surface area contributed by atoms with Gasteiger partial charge in [0.15, 0.2) is 0 Å². The van der Waals surface area contributed by atoms with Crippen molar-refractivity contribution in [1.29, 1.82) is 0 Å². The molecule has 3 nitrogen and oxygen atoms in total. The number of nitrogens with zero attached hydrogens (tertiary/aromatic N) is 2. The molecule has 0 atom stereocenters. The Labute approximate surface area is 116 Å². The van der Waals surface area contributed by atoms with Crippen molar-refractivity contribution in [3.05, 3.63) is 33.4 Å². The van der Waals surface area contributed by atoms with E-state index >= 15 is 0 Å². The van der Waals surface area contributed by atoms with Crippen molar-refractivity contribution in [3.8, 4) is 0 Å². The van der Waals surface area contributed by atoms with E-state index in [1.807, 2.05) is 32.0 Å². The van der Waals surface area contributed by atoms with Crippen molar-refractivity contribution in [2.75, 3.05) is 19.0 Å². The molecule has 96 valence electrons. The summed E-state index contributed by atoms with van der Waals surface area (Å²) < 4.78 is 0. The van der Waals surface area contributed by atoms with Crippen molar-refractivity contribution in [3.63, 3.8) is 0 Å². The summed E-state index contributed by atoms with van der Waals surface area (Å²) in [4.78, 5) is 6.55. The minimum absolute atomic E-state index is 0.437. The predicted molar refractivity (Wildman–Crippen MR) is 78.7 cm³/mol. The summed E-state index contributed by atoms with van der Waals surface area (Å²) in [6.45, 7) is 2.38. The standard InChI is InChI=1S/C13H15Cl2N3/c1-7-10(6-16)13(18(2)3)9-4-8(14)5-11(15)12(9)17-7/h4-5H,6,16H2,1-3H3. The Morgan fingerprint density at radius 1 is 1.28 bits per heavy atom. The fraction of sp³-hybridized carbons (Fsp3) is 0.308. The van der Waals surface area contributed by atoms with Crippen LogP contribution in [0.4, 0.5) is 5.69 Å². The van der Waals surface area contributed by atoms with E-state index in [-0.39, 0.29) is 0 Å². The zero-order valence-corrected chi connectivity index (χ0v) is 12.1. The molecule has 18 heavy (non-hydrogen) atoms. The van der Waals surface area contributed by atoms with Crippen LogP contribution in [0.2, 0.25) is 10.0 Å². The molecule has 0 spiro atoms. The van der Waals surface area contributed by atoms with E-state index in [0.29, 0.717) is 16.6 Å². The second-order valence-corrected chi connectivity index (χ2v) is 5.25. The van der Waals surface area contributed by atoms with Crippen LogP contribution in [0, 0.1) is 6.92 Å². The van der Waals surface area contributed by atoms with Gasteiger partial charge in [0.1, 0.15) is 0 Å². The maximum Gasteiger partial charge on any atom is 0.0913 e. The Morgan fingerprint density at radius 3 is 2.50 bits per heavy atom. The summed E-state index contributed by atoms with van der Waals surface area (Å²) in [6.07, 6.45) is 0. The maximum absolute atomic E-state index is 6.21. The summed E-state index contributed by atoms with van der Waals surface area (Å²) in [6, 6.07) is 3.59. The first-order valence-electron chi connectivity index (χ1n) is 5.61. The highest BCUT2D eigenvalue weighted by Crippen LogP contribution is 2.35. The van der Waals surface area contributed by atoms with E-state index in [2.05, 4.69) is 4.98 Å². The number of aromatic nitrogens is 1. The van der Waals surface area contributed by atoms with Gasteiger partial charge in [-0.25, -0.2) is 0 Å². The molecular weight excluding hydrogens is 269 g/mol. The number of aryl methyl sites for hydroxylation is 1. The average molecular weight is 284 g/mol. The van der Waals surface area contributed by atoms with Crippen LogP contribution in [0.5, 0.6) is 0 Å². The van der Waals surface area contributed by atoms with Gasteiger partial charge in [0.25, 0.3) is 0 Å². The Kier molecular flexibility index (Phi) is 3.66. The summed E-state index contributed by atoms with van der Waals surface area (Å²) >= 11 is 12.3. The van der Waals surface area contributed by atoms with Crippen molar-refractivity contribution < 1.29 is 0 Å². The number of rotatable bonds is 2. The Morgan fingerprint density at radius 2 is 1.94 bits per heavy atom. The number of pyridine rings is 1. The van der Waals surface area contributed by atoms with Gasteiger partial charge in [-0.15, -0.1) is 0 Å². The lowest BCUT2D eigenvalue weighted by Gasteiger charge is -2.21. The van der Waals surface area contributed by atoms with E-state index in [1.165, 1.54) is 0 Å². The van der Waals surface area contributed by atoms with Gasteiger partial charge >= 0.3 is 0 Å². The molecule has 1 aromatic carbocycles. The summed E-state index contributed by atoms with van der Waals surface area (Å²) in [5.74, 6) is 0. The van der Waals surface area contributed by atoms with Crippen molar-refractivity contribution in [2.24, 2.45) is 5.73 Å². The molecule has 0 saturated heterocycles. The molecule has 2 aromatic rings. The lowest BCUT2D eigenvalue weighted by molar-refractivity contribution is 0.993. The lowest BCUT2D eigenvalue weighted by atomic mass is 10.1. The van der Waals surface area contributed by atoms with Gasteiger partial charge in [-0.1, -0.05) is 23.2 Å². The zero-order chi connectivity index (χ0) is 13.4. The van der Waals surface area contributed by atoms with E-state index in [9.17, 15) is 0 Å². The Balaban J connectivity index is 2.97. The number of anilines is 1. The third-order valence-corrected chi connectivity index (χ3v) is 3.44. The number of hydrogen-bond acceptors (Lipinski definition) is 3. The topological polar surface area (TPSA) is 42.2 Å². The van der Waals surface area contributed by atoms with Crippen LogP contribution in [-0.2, 0) is 6.54 Å². The van der Waals surface area contributed by atoms with E-state index < -0.39 is 0 Å². The fourth-order valence-corrected chi connectivity index (χ4v) is 2.72.